The predicted octanol–water partition coefficient (Wildman–Crippen LogP) is 2.64. The van der Waals surface area contributed by atoms with Crippen LogP contribution in [0, 0.1) is 6.92 Å². The largest absolute Gasteiger partial charge is 0.494 e. The summed E-state index contributed by atoms with van der Waals surface area (Å²) in [4.78, 5) is 12.3. The molecule has 7 heteroatoms. The number of benzene rings is 1. The van der Waals surface area contributed by atoms with Crippen LogP contribution in [0.5, 0.6) is 5.75 Å². The second-order valence-corrected chi connectivity index (χ2v) is 5.41. The van der Waals surface area contributed by atoms with Crippen LogP contribution in [0.3, 0.4) is 0 Å². The molecule has 0 radical (unpaired) electrons. The van der Waals surface area contributed by atoms with Crippen molar-refractivity contribution >= 4 is 11.7 Å². The molecule has 7 nitrogen and oxygen atoms in total. The molecule has 0 unspecified atom stereocenters. The number of urea groups is 1. The molecule has 1 heterocycles. The predicted molar refractivity (Wildman–Crippen MR) is 92.3 cm³/mol. The van der Waals surface area contributed by atoms with Gasteiger partial charge in [-0.25, -0.2) is 4.79 Å². The number of hydrogen-bond donors (Lipinski definition) is 2. The number of ether oxygens (including phenoxy) is 2. The van der Waals surface area contributed by atoms with E-state index in [9.17, 15) is 4.79 Å². The smallest absolute Gasteiger partial charge is 0.319 e. The number of aromatic nitrogens is 2. The van der Waals surface area contributed by atoms with Crippen molar-refractivity contribution in [3.63, 3.8) is 0 Å². The molecule has 0 aliphatic carbocycles. The Balaban J connectivity index is 2.04. The lowest BCUT2D eigenvalue weighted by molar-refractivity contribution is 0.168. The van der Waals surface area contributed by atoms with E-state index in [1.54, 1.807) is 18.0 Å². The van der Waals surface area contributed by atoms with Crippen LogP contribution in [-0.4, -0.2) is 36.1 Å². The van der Waals surface area contributed by atoms with Gasteiger partial charge in [-0.1, -0.05) is 12.1 Å². The van der Waals surface area contributed by atoms with Crippen LogP contribution in [-0.2, 0) is 11.8 Å². The summed E-state index contributed by atoms with van der Waals surface area (Å²) in [5, 5.41) is 9.93. The van der Waals surface area contributed by atoms with Crippen LogP contribution in [0.25, 0.3) is 0 Å². The van der Waals surface area contributed by atoms with E-state index in [1.165, 1.54) is 0 Å². The van der Waals surface area contributed by atoms with Gasteiger partial charge < -0.3 is 20.1 Å². The second kappa shape index (κ2) is 8.35. The molecule has 24 heavy (non-hydrogen) atoms. The minimum absolute atomic E-state index is 0.261. The maximum absolute atomic E-state index is 12.3. The van der Waals surface area contributed by atoms with Gasteiger partial charge in [0, 0.05) is 20.4 Å². The second-order valence-electron chi connectivity index (χ2n) is 5.41. The lowest BCUT2D eigenvalue weighted by atomic mass is 10.1. The van der Waals surface area contributed by atoms with Gasteiger partial charge in [-0.15, -0.1) is 0 Å². The number of anilines is 1. The lowest BCUT2D eigenvalue weighted by Gasteiger charge is -2.19. The van der Waals surface area contributed by atoms with Gasteiger partial charge >= 0.3 is 6.03 Å². The standard InChI is InChI=1S/C17H24N4O3/c1-5-24-14-8-6-13(7-9-14)16(11-23-4)19-17(22)18-15-10-21(3)20-12(15)2/h6-10,16H,5,11H2,1-4H3,(H2,18,19,22)/t16-/m1/s1. The number of hydrogen-bond acceptors (Lipinski definition) is 4. The topological polar surface area (TPSA) is 77.4 Å². The fraction of sp³-hybridized carbons (Fsp3) is 0.412. The highest BCUT2D eigenvalue weighted by atomic mass is 16.5. The molecule has 1 aromatic carbocycles. The molecule has 0 saturated carbocycles. The van der Waals surface area contributed by atoms with Crippen molar-refractivity contribution in [1.29, 1.82) is 0 Å². The van der Waals surface area contributed by atoms with Crippen molar-refractivity contribution in [3.05, 3.63) is 41.7 Å². The molecule has 2 amide bonds. The Morgan fingerprint density at radius 3 is 2.58 bits per heavy atom. The third kappa shape index (κ3) is 4.73. The minimum Gasteiger partial charge on any atom is -0.494 e. The highest BCUT2D eigenvalue weighted by Crippen LogP contribution is 2.19. The zero-order valence-corrected chi connectivity index (χ0v) is 14.5. The molecule has 0 spiro atoms. The number of nitrogens with one attached hydrogen (secondary N) is 2. The quantitative estimate of drug-likeness (QED) is 0.817. The van der Waals surface area contributed by atoms with Gasteiger partial charge in [0.15, 0.2) is 0 Å². The Kier molecular flexibility index (Phi) is 6.20. The van der Waals surface area contributed by atoms with Crippen molar-refractivity contribution in [1.82, 2.24) is 15.1 Å². The summed E-state index contributed by atoms with van der Waals surface area (Å²) in [6.07, 6.45) is 1.76. The Labute approximate surface area is 142 Å². The summed E-state index contributed by atoms with van der Waals surface area (Å²) in [7, 11) is 3.41. The number of methoxy groups -OCH3 is 1. The molecule has 0 saturated heterocycles. The molecular formula is C17H24N4O3. The third-order valence-electron chi connectivity index (χ3n) is 3.49. The zero-order valence-electron chi connectivity index (χ0n) is 14.5. The molecule has 1 aromatic heterocycles. The first-order valence-corrected chi connectivity index (χ1v) is 7.83. The first-order valence-electron chi connectivity index (χ1n) is 7.83. The lowest BCUT2D eigenvalue weighted by Crippen LogP contribution is -2.34. The van der Waals surface area contributed by atoms with Crippen LogP contribution in [0.2, 0.25) is 0 Å². The average Bonchev–Trinajstić information content (AvgIpc) is 2.85. The first-order chi connectivity index (χ1) is 11.5. The minimum atomic E-state index is -0.304. The Hall–Kier alpha value is -2.54. The summed E-state index contributed by atoms with van der Waals surface area (Å²) in [6, 6.07) is 7.04. The van der Waals surface area contributed by atoms with Crippen molar-refractivity contribution in [2.45, 2.75) is 19.9 Å². The van der Waals surface area contributed by atoms with Crippen molar-refractivity contribution < 1.29 is 14.3 Å². The molecule has 2 N–H and O–H groups in total. The molecule has 2 rings (SSSR count). The van der Waals surface area contributed by atoms with E-state index < -0.39 is 0 Å². The molecule has 0 aliphatic rings. The summed E-state index contributed by atoms with van der Waals surface area (Å²) in [5.74, 6) is 0.799. The summed E-state index contributed by atoms with van der Waals surface area (Å²) < 4.78 is 12.3. The van der Waals surface area contributed by atoms with Crippen molar-refractivity contribution in [3.8, 4) is 5.75 Å². The van der Waals surface area contributed by atoms with Gasteiger partial charge in [-0.05, 0) is 31.5 Å². The van der Waals surface area contributed by atoms with Crippen LogP contribution in [0.15, 0.2) is 30.5 Å². The van der Waals surface area contributed by atoms with E-state index in [0.717, 1.165) is 17.0 Å². The maximum Gasteiger partial charge on any atom is 0.319 e. The van der Waals surface area contributed by atoms with Gasteiger partial charge in [0.05, 0.1) is 30.6 Å². The van der Waals surface area contributed by atoms with Crippen molar-refractivity contribution in [2.24, 2.45) is 7.05 Å². The third-order valence-corrected chi connectivity index (χ3v) is 3.49. The highest BCUT2D eigenvalue weighted by molar-refractivity contribution is 5.89. The Morgan fingerprint density at radius 1 is 1.33 bits per heavy atom. The van der Waals surface area contributed by atoms with E-state index in [-0.39, 0.29) is 12.1 Å². The van der Waals surface area contributed by atoms with Gasteiger partial charge in [-0.3, -0.25) is 4.68 Å². The Morgan fingerprint density at radius 2 is 2.04 bits per heavy atom. The first kappa shape index (κ1) is 17.8. The number of amides is 2. The van der Waals surface area contributed by atoms with E-state index in [4.69, 9.17) is 9.47 Å². The molecule has 2 aromatic rings. The van der Waals surface area contributed by atoms with Gasteiger partial charge in [-0.2, -0.15) is 5.10 Å². The summed E-state index contributed by atoms with van der Waals surface area (Å²) in [6.45, 7) is 4.77. The number of nitrogens with zero attached hydrogens (tertiary/aromatic N) is 2. The molecular weight excluding hydrogens is 308 g/mol. The van der Waals surface area contributed by atoms with Crippen molar-refractivity contribution in [2.75, 3.05) is 25.6 Å². The molecule has 0 fully saturated rings. The van der Waals surface area contributed by atoms with Crippen LogP contribution >= 0.6 is 0 Å². The molecule has 0 aliphatic heterocycles. The number of rotatable bonds is 7. The maximum atomic E-state index is 12.3. The van der Waals surface area contributed by atoms with E-state index in [0.29, 0.717) is 18.9 Å². The van der Waals surface area contributed by atoms with E-state index in [1.807, 2.05) is 45.2 Å². The zero-order chi connectivity index (χ0) is 17.5. The highest BCUT2D eigenvalue weighted by Gasteiger charge is 2.16. The fourth-order valence-corrected chi connectivity index (χ4v) is 2.39. The van der Waals surface area contributed by atoms with Gasteiger partial charge in [0.1, 0.15) is 5.75 Å². The molecule has 1 atom stereocenters. The molecule has 130 valence electrons. The van der Waals surface area contributed by atoms with E-state index >= 15 is 0 Å². The van der Waals surface area contributed by atoms with Crippen LogP contribution in [0.4, 0.5) is 10.5 Å². The summed E-state index contributed by atoms with van der Waals surface area (Å²) >= 11 is 0. The molecule has 0 bridgehead atoms. The van der Waals surface area contributed by atoms with Gasteiger partial charge in [0.2, 0.25) is 0 Å². The van der Waals surface area contributed by atoms with Crippen LogP contribution < -0.4 is 15.4 Å². The number of carbonyl (C=O) groups excluding carboxylic acids is 1. The fourth-order valence-electron chi connectivity index (χ4n) is 2.39. The van der Waals surface area contributed by atoms with Crippen LogP contribution in [0.1, 0.15) is 24.2 Å². The van der Waals surface area contributed by atoms with Gasteiger partial charge in [0.25, 0.3) is 0 Å². The average molecular weight is 332 g/mol. The number of carbonyl (C=O) groups is 1. The SMILES string of the molecule is CCOc1ccc([C@@H](COC)NC(=O)Nc2cn(C)nc2C)cc1. The normalized spacial score (nSPS) is 11.8. The Bertz CT molecular complexity index is 667. The summed E-state index contributed by atoms with van der Waals surface area (Å²) in [5.41, 5.74) is 2.38. The van der Waals surface area contributed by atoms with E-state index in [2.05, 4.69) is 15.7 Å². The monoisotopic (exact) mass is 332 g/mol. The number of aryl methyl sites for hydroxylation is 2.